The lowest BCUT2D eigenvalue weighted by Gasteiger charge is -2.15. The fraction of sp³-hybridized carbons (Fsp3) is 0.500. The molecule has 1 saturated carbocycles. The van der Waals surface area contributed by atoms with Gasteiger partial charge in [0.2, 0.25) is 5.91 Å². The Morgan fingerprint density at radius 1 is 1.50 bits per heavy atom. The number of benzene rings is 1. The van der Waals surface area contributed by atoms with Crippen molar-refractivity contribution in [2.75, 3.05) is 13.2 Å². The van der Waals surface area contributed by atoms with Crippen molar-refractivity contribution < 1.29 is 13.9 Å². The number of carbonyl (C=O) groups excluding carboxylic acids is 1. The number of carbonyl (C=O) groups is 1. The number of nitrogens with one attached hydrogen (secondary N) is 1. The van der Waals surface area contributed by atoms with E-state index in [9.17, 15) is 9.18 Å². The van der Waals surface area contributed by atoms with Crippen molar-refractivity contribution in [3.05, 3.63) is 50.2 Å². The molecule has 148 valence electrons. The molecule has 0 radical (unpaired) electrons. The van der Waals surface area contributed by atoms with E-state index in [1.54, 1.807) is 6.07 Å². The minimum absolute atomic E-state index is 0.0127. The molecule has 0 spiro atoms. The van der Waals surface area contributed by atoms with Crippen LogP contribution in [0.15, 0.2) is 22.7 Å². The maximum absolute atomic E-state index is 14.6. The van der Waals surface area contributed by atoms with E-state index in [2.05, 4.69) is 25.8 Å². The fourth-order valence-corrected chi connectivity index (χ4v) is 5.57. The highest BCUT2D eigenvalue weighted by molar-refractivity contribution is 9.10. The third-order valence-corrected chi connectivity index (χ3v) is 7.43. The first-order chi connectivity index (χ1) is 13.4. The second-order valence-corrected chi connectivity index (χ2v) is 9.38. The average Bonchev–Trinajstić information content (AvgIpc) is 2.95. The minimum Gasteiger partial charge on any atom is -0.379 e. The van der Waals surface area contributed by atoms with Crippen molar-refractivity contribution in [2.24, 2.45) is 7.05 Å². The van der Waals surface area contributed by atoms with Gasteiger partial charge in [0.05, 0.1) is 19.1 Å². The Hall–Kier alpha value is -1.51. The van der Waals surface area contributed by atoms with Gasteiger partial charge >= 0.3 is 0 Å². The van der Waals surface area contributed by atoms with Gasteiger partial charge in [0, 0.05) is 47.4 Å². The number of fused-ring (bicyclic) bond motifs is 3. The summed E-state index contributed by atoms with van der Waals surface area (Å²) in [4.78, 5) is 12.6. The van der Waals surface area contributed by atoms with E-state index in [1.165, 1.54) is 6.07 Å². The molecule has 0 unspecified atom stereocenters. The summed E-state index contributed by atoms with van der Waals surface area (Å²) in [6.07, 6.45) is 2.03. The molecule has 1 saturated heterocycles. The number of nitrogens with zero attached hydrogens (tertiary/aromatic N) is 2. The molecular weight excluding hydrogens is 445 g/mol. The number of hydrogen-bond acceptors (Lipinski definition) is 3. The molecule has 2 aromatic rings. The third-order valence-electron chi connectivity index (χ3n) is 6.44. The summed E-state index contributed by atoms with van der Waals surface area (Å²) < 4.78 is 25.6. The Morgan fingerprint density at radius 2 is 2.32 bits per heavy atom. The highest BCUT2D eigenvalue weighted by atomic mass is 79.9. The monoisotopic (exact) mass is 465 g/mol. The van der Waals surface area contributed by atoms with E-state index in [0.29, 0.717) is 24.5 Å². The van der Waals surface area contributed by atoms with E-state index in [4.69, 9.17) is 17.0 Å². The Balaban J connectivity index is 1.46. The molecule has 3 heterocycles. The standard InChI is InChI=1S/C20H21BrFN3O2S/c1-24-16(7-17(26)23-12-4-5-27-9-12)18-14-8-20(14,10-25(18)19(24)28)13-6-11(21)2-3-15(13)22/h2-3,6,12,14H,4-5,7-10H2,1H3,(H,23,26)/t12-,14-,20+/m0/s1. The van der Waals surface area contributed by atoms with Gasteiger partial charge in [-0.15, -0.1) is 0 Å². The molecule has 5 nitrogen and oxygen atoms in total. The molecule has 0 bridgehead atoms. The molecule has 3 atom stereocenters. The predicted molar refractivity (Wildman–Crippen MR) is 108 cm³/mol. The zero-order valence-electron chi connectivity index (χ0n) is 15.5. The number of rotatable bonds is 4. The lowest BCUT2D eigenvalue weighted by Crippen LogP contribution is -2.36. The van der Waals surface area contributed by atoms with Gasteiger partial charge in [0.25, 0.3) is 0 Å². The van der Waals surface area contributed by atoms with Crippen molar-refractivity contribution in [2.45, 2.75) is 43.2 Å². The normalized spacial score (nSPS) is 27.5. The zero-order valence-corrected chi connectivity index (χ0v) is 17.9. The van der Waals surface area contributed by atoms with Gasteiger partial charge in [-0.2, -0.15) is 0 Å². The van der Waals surface area contributed by atoms with Crippen molar-refractivity contribution in [1.29, 1.82) is 0 Å². The Labute approximate surface area is 176 Å². The summed E-state index contributed by atoms with van der Waals surface area (Å²) in [7, 11) is 1.92. The number of ether oxygens (including phenoxy) is 1. The molecule has 1 aromatic heterocycles. The molecule has 5 rings (SSSR count). The van der Waals surface area contributed by atoms with Gasteiger partial charge < -0.3 is 19.2 Å². The third kappa shape index (κ3) is 2.72. The highest BCUT2D eigenvalue weighted by Crippen LogP contribution is 2.66. The predicted octanol–water partition coefficient (Wildman–Crippen LogP) is 3.34. The summed E-state index contributed by atoms with van der Waals surface area (Å²) in [6.45, 7) is 1.94. The SMILES string of the molecule is Cn1c(CC(=O)N[C@H]2CCOC2)c2n(c1=S)C[C@@]1(c3cc(Br)ccc3F)C[C@@H]21. The largest absolute Gasteiger partial charge is 0.379 e. The van der Waals surface area contributed by atoms with Gasteiger partial charge in [-0.25, -0.2) is 4.39 Å². The molecule has 3 aliphatic rings. The van der Waals surface area contributed by atoms with Crippen LogP contribution in [-0.4, -0.2) is 34.3 Å². The lowest BCUT2D eigenvalue weighted by atomic mass is 9.93. The lowest BCUT2D eigenvalue weighted by molar-refractivity contribution is -0.121. The highest BCUT2D eigenvalue weighted by Gasteiger charge is 2.63. The van der Waals surface area contributed by atoms with Crippen LogP contribution in [0.4, 0.5) is 4.39 Å². The van der Waals surface area contributed by atoms with Crippen LogP contribution in [-0.2, 0) is 35.0 Å². The zero-order chi connectivity index (χ0) is 19.6. The van der Waals surface area contributed by atoms with Gasteiger partial charge in [-0.05, 0) is 48.8 Å². The van der Waals surface area contributed by atoms with Crippen LogP contribution in [0.3, 0.4) is 0 Å². The molecule has 1 N–H and O–H groups in total. The smallest absolute Gasteiger partial charge is 0.226 e. The van der Waals surface area contributed by atoms with E-state index < -0.39 is 0 Å². The summed E-state index contributed by atoms with van der Waals surface area (Å²) >= 11 is 9.11. The number of imidazole rings is 1. The topological polar surface area (TPSA) is 48.2 Å². The van der Waals surface area contributed by atoms with Gasteiger partial charge in [0.1, 0.15) is 5.82 Å². The second-order valence-electron chi connectivity index (χ2n) is 8.10. The van der Waals surface area contributed by atoms with Crippen LogP contribution < -0.4 is 5.32 Å². The molecule has 28 heavy (non-hydrogen) atoms. The maximum atomic E-state index is 14.6. The van der Waals surface area contributed by atoms with Crippen molar-refractivity contribution in [3.8, 4) is 0 Å². The van der Waals surface area contributed by atoms with Crippen molar-refractivity contribution in [3.63, 3.8) is 0 Å². The van der Waals surface area contributed by atoms with Crippen LogP contribution in [0.1, 0.15) is 35.7 Å². The minimum atomic E-state index is -0.241. The maximum Gasteiger partial charge on any atom is 0.226 e. The molecular formula is C20H21BrFN3O2S. The first-order valence-corrected chi connectivity index (χ1v) is 10.7. The number of amides is 1. The van der Waals surface area contributed by atoms with Gasteiger partial charge in [-0.1, -0.05) is 15.9 Å². The van der Waals surface area contributed by atoms with Crippen LogP contribution >= 0.6 is 28.1 Å². The number of halogens is 2. The Morgan fingerprint density at radius 3 is 3.07 bits per heavy atom. The van der Waals surface area contributed by atoms with Gasteiger partial charge in [-0.3, -0.25) is 4.79 Å². The van der Waals surface area contributed by atoms with Crippen LogP contribution in [0.2, 0.25) is 0 Å². The quantitative estimate of drug-likeness (QED) is 0.704. The summed E-state index contributed by atoms with van der Waals surface area (Å²) in [5, 5.41) is 3.05. The summed E-state index contributed by atoms with van der Waals surface area (Å²) in [5.74, 6) is 0.0189. The summed E-state index contributed by atoms with van der Waals surface area (Å²) in [5.41, 5.74) is 2.55. The molecule has 8 heteroatoms. The van der Waals surface area contributed by atoms with Crippen LogP contribution in [0, 0.1) is 10.6 Å². The van der Waals surface area contributed by atoms with E-state index in [-0.39, 0.29) is 35.5 Å². The molecule has 1 amide bonds. The fourth-order valence-electron chi connectivity index (χ4n) is 4.94. The number of hydrogen-bond donors (Lipinski definition) is 1. The first-order valence-electron chi connectivity index (χ1n) is 9.51. The summed E-state index contributed by atoms with van der Waals surface area (Å²) in [6, 6.07) is 5.22. The van der Waals surface area contributed by atoms with E-state index in [0.717, 1.165) is 34.3 Å². The van der Waals surface area contributed by atoms with Gasteiger partial charge in [0.15, 0.2) is 4.77 Å². The van der Waals surface area contributed by atoms with Crippen molar-refractivity contribution in [1.82, 2.24) is 14.5 Å². The Kier molecular flexibility index (Phi) is 4.30. The second kappa shape index (κ2) is 6.50. The molecule has 2 aliphatic heterocycles. The Bertz CT molecular complexity index is 1040. The molecule has 2 fully saturated rings. The molecule has 1 aliphatic carbocycles. The average molecular weight is 466 g/mol. The first kappa shape index (κ1) is 18.5. The van der Waals surface area contributed by atoms with Crippen LogP contribution in [0.5, 0.6) is 0 Å². The van der Waals surface area contributed by atoms with Crippen molar-refractivity contribution >= 4 is 34.1 Å². The number of aromatic nitrogens is 2. The van der Waals surface area contributed by atoms with E-state index in [1.807, 2.05) is 17.7 Å². The van der Waals surface area contributed by atoms with E-state index >= 15 is 0 Å². The van der Waals surface area contributed by atoms with Crippen LogP contribution in [0.25, 0.3) is 0 Å². The molecule has 1 aromatic carbocycles.